The second-order valence-corrected chi connectivity index (χ2v) is 4.73. The van der Waals surface area contributed by atoms with Crippen molar-refractivity contribution in [1.29, 1.82) is 5.26 Å². The molecule has 108 valence electrons. The van der Waals surface area contributed by atoms with E-state index in [0.717, 1.165) is 17.0 Å². The number of hydrogen-bond acceptors (Lipinski definition) is 5. The summed E-state index contributed by atoms with van der Waals surface area (Å²) < 4.78 is 1.80. The number of aryl methyl sites for hydroxylation is 2. The third-order valence-electron chi connectivity index (χ3n) is 3.44. The molecule has 1 aromatic heterocycles. The van der Waals surface area contributed by atoms with Crippen molar-refractivity contribution in [2.45, 2.75) is 20.4 Å². The molecule has 0 bridgehead atoms. The Morgan fingerprint density at radius 1 is 1.48 bits per heavy atom. The highest BCUT2D eigenvalue weighted by Gasteiger charge is 2.15. The van der Waals surface area contributed by atoms with Gasteiger partial charge in [-0.1, -0.05) is 0 Å². The van der Waals surface area contributed by atoms with Gasteiger partial charge in [0.15, 0.2) is 0 Å². The van der Waals surface area contributed by atoms with Crippen molar-refractivity contribution < 1.29 is 4.92 Å². The van der Waals surface area contributed by atoms with Crippen LogP contribution in [0.2, 0.25) is 0 Å². The van der Waals surface area contributed by atoms with Crippen LogP contribution in [0.4, 0.5) is 11.4 Å². The van der Waals surface area contributed by atoms with Crippen LogP contribution >= 0.6 is 0 Å². The van der Waals surface area contributed by atoms with E-state index in [1.165, 1.54) is 12.1 Å². The number of aromatic nitrogens is 2. The minimum Gasteiger partial charge on any atom is -0.381 e. The van der Waals surface area contributed by atoms with Gasteiger partial charge in [0, 0.05) is 36.6 Å². The molecule has 0 aliphatic carbocycles. The van der Waals surface area contributed by atoms with Crippen LogP contribution in [-0.4, -0.2) is 14.7 Å². The first kappa shape index (κ1) is 14.5. The third kappa shape index (κ3) is 2.84. The molecule has 0 unspecified atom stereocenters. The van der Waals surface area contributed by atoms with Gasteiger partial charge in [0.25, 0.3) is 5.69 Å². The van der Waals surface area contributed by atoms with Crippen molar-refractivity contribution in [3.05, 3.63) is 50.8 Å². The molecule has 0 amide bonds. The summed E-state index contributed by atoms with van der Waals surface area (Å²) in [4.78, 5) is 10.4. The summed E-state index contributed by atoms with van der Waals surface area (Å²) in [7, 11) is 1.87. The lowest BCUT2D eigenvalue weighted by Crippen LogP contribution is -2.03. The Morgan fingerprint density at radius 3 is 2.71 bits per heavy atom. The van der Waals surface area contributed by atoms with Gasteiger partial charge in [0.1, 0.15) is 11.6 Å². The minimum atomic E-state index is -0.551. The average Bonchev–Trinajstić information content (AvgIpc) is 2.70. The van der Waals surface area contributed by atoms with E-state index >= 15 is 0 Å². The lowest BCUT2D eigenvalue weighted by Gasteiger charge is -2.07. The van der Waals surface area contributed by atoms with Crippen LogP contribution in [0.3, 0.4) is 0 Å². The number of nitrogens with zero attached hydrogens (tertiary/aromatic N) is 4. The Morgan fingerprint density at radius 2 is 2.19 bits per heavy atom. The summed E-state index contributed by atoms with van der Waals surface area (Å²) >= 11 is 0. The largest absolute Gasteiger partial charge is 0.381 e. The number of nitrogens with one attached hydrogen (secondary N) is 1. The van der Waals surface area contributed by atoms with E-state index in [1.807, 2.05) is 27.0 Å². The smallest absolute Gasteiger partial charge is 0.289 e. The minimum absolute atomic E-state index is 0.0549. The maximum atomic E-state index is 10.9. The number of nitro benzene ring substituents is 1. The topological polar surface area (TPSA) is 96.8 Å². The van der Waals surface area contributed by atoms with Crippen LogP contribution in [-0.2, 0) is 13.6 Å². The third-order valence-corrected chi connectivity index (χ3v) is 3.44. The molecule has 0 aliphatic rings. The monoisotopic (exact) mass is 285 g/mol. The van der Waals surface area contributed by atoms with Gasteiger partial charge in [-0.25, -0.2) is 0 Å². The van der Waals surface area contributed by atoms with E-state index in [4.69, 9.17) is 5.26 Å². The number of hydrogen-bond donors (Lipinski definition) is 1. The van der Waals surface area contributed by atoms with Crippen molar-refractivity contribution in [3.8, 4) is 6.07 Å². The lowest BCUT2D eigenvalue weighted by atomic mass is 10.1. The predicted octanol–water partition coefficient (Wildman–Crippen LogP) is 2.43. The van der Waals surface area contributed by atoms with E-state index in [2.05, 4.69) is 10.4 Å². The fraction of sp³-hybridized carbons (Fsp3) is 0.286. The molecule has 0 radical (unpaired) electrons. The summed E-state index contributed by atoms with van der Waals surface area (Å²) in [5, 5.41) is 27.2. The van der Waals surface area contributed by atoms with Crippen molar-refractivity contribution in [1.82, 2.24) is 9.78 Å². The van der Waals surface area contributed by atoms with Gasteiger partial charge >= 0.3 is 0 Å². The van der Waals surface area contributed by atoms with Gasteiger partial charge in [-0.2, -0.15) is 10.4 Å². The molecule has 1 heterocycles. The van der Waals surface area contributed by atoms with Crippen LogP contribution in [0.25, 0.3) is 0 Å². The first-order valence-electron chi connectivity index (χ1n) is 6.35. The molecule has 0 fully saturated rings. The zero-order valence-electron chi connectivity index (χ0n) is 12.0. The van der Waals surface area contributed by atoms with Crippen LogP contribution in [0.1, 0.15) is 22.5 Å². The summed E-state index contributed by atoms with van der Waals surface area (Å²) in [6.45, 7) is 4.41. The van der Waals surface area contributed by atoms with Crippen LogP contribution < -0.4 is 5.32 Å². The highest BCUT2D eigenvalue weighted by Crippen LogP contribution is 2.23. The molecule has 1 aromatic carbocycles. The summed E-state index contributed by atoms with van der Waals surface area (Å²) in [6.07, 6.45) is 0. The molecule has 1 N–H and O–H groups in total. The van der Waals surface area contributed by atoms with E-state index < -0.39 is 4.92 Å². The van der Waals surface area contributed by atoms with Crippen LogP contribution in [0.15, 0.2) is 18.2 Å². The molecule has 7 nitrogen and oxygen atoms in total. The van der Waals surface area contributed by atoms with E-state index in [0.29, 0.717) is 12.2 Å². The van der Waals surface area contributed by atoms with E-state index in [-0.39, 0.29) is 11.3 Å². The zero-order valence-corrected chi connectivity index (χ0v) is 12.0. The highest BCUT2D eigenvalue weighted by molar-refractivity contribution is 5.59. The first-order valence-corrected chi connectivity index (χ1v) is 6.35. The van der Waals surface area contributed by atoms with Crippen LogP contribution in [0, 0.1) is 35.3 Å². The second kappa shape index (κ2) is 5.63. The zero-order chi connectivity index (χ0) is 15.6. The Hall–Kier alpha value is -2.88. The Kier molecular flexibility index (Phi) is 3.89. The molecule has 2 rings (SSSR count). The number of anilines is 1. The summed E-state index contributed by atoms with van der Waals surface area (Å²) in [5.41, 5.74) is 3.49. The standard InChI is InChI=1S/C14H15N5O2/c1-9-13(10(2)18(3)17-9)8-16-12-5-4-11(7-15)14(6-12)19(20)21/h4-6,16H,8H2,1-3H3. The molecule has 0 saturated heterocycles. The normalized spacial score (nSPS) is 10.2. The number of rotatable bonds is 4. The summed E-state index contributed by atoms with van der Waals surface area (Å²) in [6, 6.07) is 6.30. The molecular formula is C14H15N5O2. The molecule has 2 aromatic rings. The van der Waals surface area contributed by atoms with E-state index in [9.17, 15) is 10.1 Å². The van der Waals surface area contributed by atoms with Crippen molar-refractivity contribution in [2.24, 2.45) is 7.05 Å². The van der Waals surface area contributed by atoms with Crippen molar-refractivity contribution >= 4 is 11.4 Å². The van der Waals surface area contributed by atoms with Gasteiger partial charge in [0.2, 0.25) is 0 Å². The molecule has 21 heavy (non-hydrogen) atoms. The Bertz CT molecular complexity index is 743. The summed E-state index contributed by atoms with van der Waals surface area (Å²) in [5.74, 6) is 0. The maximum absolute atomic E-state index is 10.9. The molecule has 0 spiro atoms. The quantitative estimate of drug-likeness (QED) is 0.687. The van der Waals surface area contributed by atoms with Gasteiger partial charge in [0.05, 0.1) is 10.6 Å². The molecule has 0 aliphatic heterocycles. The fourth-order valence-electron chi connectivity index (χ4n) is 2.15. The molecular weight excluding hydrogens is 270 g/mol. The highest BCUT2D eigenvalue weighted by atomic mass is 16.6. The molecule has 0 saturated carbocycles. The Balaban J connectivity index is 2.23. The van der Waals surface area contributed by atoms with Crippen LogP contribution in [0.5, 0.6) is 0 Å². The van der Waals surface area contributed by atoms with Crippen molar-refractivity contribution in [3.63, 3.8) is 0 Å². The lowest BCUT2D eigenvalue weighted by molar-refractivity contribution is -0.385. The van der Waals surface area contributed by atoms with Gasteiger partial charge in [-0.15, -0.1) is 0 Å². The SMILES string of the molecule is Cc1nn(C)c(C)c1CNc1ccc(C#N)c([N+](=O)[O-])c1. The molecule has 7 heteroatoms. The predicted molar refractivity (Wildman–Crippen MR) is 77.8 cm³/mol. The molecule has 0 atom stereocenters. The number of nitro groups is 1. The second-order valence-electron chi connectivity index (χ2n) is 4.73. The number of benzene rings is 1. The van der Waals surface area contributed by atoms with Gasteiger partial charge < -0.3 is 5.32 Å². The fourth-order valence-corrected chi connectivity index (χ4v) is 2.15. The van der Waals surface area contributed by atoms with Crippen molar-refractivity contribution in [2.75, 3.05) is 5.32 Å². The average molecular weight is 285 g/mol. The Labute approximate surface area is 122 Å². The first-order chi connectivity index (χ1) is 9.93. The van der Waals surface area contributed by atoms with Gasteiger partial charge in [-0.05, 0) is 26.0 Å². The maximum Gasteiger partial charge on any atom is 0.289 e. The number of nitriles is 1. The van der Waals surface area contributed by atoms with Gasteiger partial charge in [-0.3, -0.25) is 14.8 Å². The van der Waals surface area contributed by atoms with E-state index in [1.54, 1.807) is 10.7 Å².